The van der Waals surface area contributed by atoms with Crippen molar-refractivity contribution < 1.29 is 19.2 Å². The SMILES string of the molecule is ClCC=C[CH2][Pd]. The van der Waals surface area contributed by atoms with Gasteiger partial charge in [0.2, 0.25) is 0 Å². The van der Waals surface area contributed by atoms with Crippen molar-refractivity contribution in [1.29, 1.82) is 0 Å². The Morgan fingerprint density at radius 2 is 2.17 bits per heavy atom. The average molecular weight is 196 g/mol. The number of allylic oxidation sites excluding steroid dienone is 2. The molecule has 2 heteroatoms. The van der Waals surface area contributed by atoms with Crippen molar-refractivity contribution in [3.05, 3.63) is 12.2 Å². The standard InChI is InChI=1S/C4H6Cl.Pd/c1-2-3-4-5;/h2-3H,1,4H2;. The Hall–Kier alpha value is 0.692. The predicted octanol–water partition coefficient (Wildman–Crippen LogP) is 1.75. The van der Waals surface area contributed by atoms with Crippen LogP contribution >= 0.6 is 11.6 Å². The van der Waals surface area contributed by atoms with Crippen LogP contribution in [-0.4, -0.2) is 5.88 Å². The van der Waals surface area contributed by atoms with Gasteiger partial charge in [0.25, 0.3) is 0 Å². The molecule has 0 aliphatic heterocycles. The van der Waals surface area contributed by atoms with Gasteiger partial charge in [0.1, 0.15) is 0 Å². The summed E-state index contributed by atoms with van der Waals surface area (Å²) in [6.07, 6.45) is 3.89. The van der Waals surface area contributed by atoms with E-state index in [9.17, 15) is 0 Å². The molecule has 0 amide bonds. The molecular weight excluding hydrogens is 190 g/mol. The average Bonchev–Trinajstić information content (AvgIpc) is 1.61. The molecule has 0 bridgehead atoms. The second-order valence-corrected chi connectivity index (χ2v) is 1.70. The Kier molecular flexibility index (Phi) is 6.35. The topological polar surface area (TPSA) is 0 Å². The number of hydrogen-bond donors (Lipinski definition) is 0. The van der Waals surface area contributed by atoms with Gasteiger partial charge in [-0.05, 0) is 0 Å². The van der Waals surface area contributed by atoms with E-state index in [0.717, 1.165) is 4.89 Å². The summed E-state index contributed by atoms with van der Waals surface area (Å²) in [6, 6.07) is 0. The van der Waals surface area contributed by atoms with Gasteiger partial charge in [-0.15, -0.1) is 0 Å². The van der Waals surface area contributed by atoms with Crippen LogP contribution in [0.4, 0.5) is 0 Å². The molecule has 0 atom stereocenters. The zero-order chi connectivity index (χ0) is 4.83. The van der Waals surface area contributed by atoms with E-state index in [2.05, 4.69) is 19.2 Å². The molecule has 0 aromatic heterocycles. The Morgan fingerprint density at radius 1 is 1.50 bits per heavy atom. The fourth-order valence-corrected chi connectivity index (χ4v) is 0.501. The minimum absolute atomic E-state index is 0.623. The molecule has 0 saturated carbocycles. The van der Waals surface area contributed by atoms with Gasteiger partial charge in [-0.2, -0.15) is 0 Å². The van der Waals surface area contributed by atoms with Crippen LogP contribution in [-0.2, 0) is 19.2 Å². The molecule has 0 spiro atoms. The van der Waals surface area contributed by atoms with Crippen LogP contribution in [0.2, 0.25) is 4.89 Å². The van der Waals surface area contributed by atoms with Gasteiger partial charge in [0.15, 0.2) is 0 Å². The second-order valence-electron chi connectivity index (χ2n) is 0.755. The van der Waals surface area contributed by atoms with Gasteiger partial charge in [-0.25, -0.2) is 0 Å². The molecule has 0 radical (unpaired) electrons. The number of hydrogen-bond acceptors (Lipinski definition) is 0. The van der Waals surface area contributed by atoms with Gasteiger partial charge in [-0.3, -0.25) is 0 Å². The molecule has 0 nitrogen and oxygen atoms in total. The number of alkyl halides is 1. The fraction of sp³-hybridized carbons (Fsp3) is 0.500. The van der Waals surface area contributed by atoms with Crippen LogP contribution in [0.15, 0.2) is 12.2 Å². The molecule has 0 N–H and O–H groups in total. The first-order chi connectivity index (χ1) is 2.91. The van der Waals surface area contributed by atoms with Crippen LogP contribution in [0.5, 0.6) is 0 Å². The summed E-state index contributed by atoms with van der Waals surface area (Å²) in [5.74, 6) is 0.623. The Bertz CT molecular complexity index is 36.8. The first-order valence-corrected chi connectivity index (χ1v) is 3.27. The fourth-order valence-electron chi connectivity index (χ4n) is 0.116. The molecule has 6 heavy (non-hydrogen) atoms. The molecule has 0 aromatic rings. The van der Waals surface area contributed by atoms with Crippen molar-refractivity contribution in [3.8, 4) is 0 Å². The van der Waals surface area contributed by atoms with Crippen LogP contribution < -0.4 is 0 Å². The van der Waals surface area contributed by atoms with E-state index >= 15 is 0 Å². The van der Waals surface area contributed by atoms with E-state index in [0.29, 0.717) is 5.88 Å². The number of rotatable bonds is 2. The van der Waals surface area contributed by atoms with Crippen LogP contribution in [0.3, 0.4) is 0 Å². The summed E-state index contributed by atoms with van der Waals surface area (Å²) < 4.78 is 0. The Morgan fingerprint density at radius 3 is 2.33 bits per heavy atom. The molecular formula is C4H6ClPd. The molecule has 0 aliphatic rings. The molecule has 0 rings (SSSR count). The van der Waals surface area contributed by atoms with Crippen LogP contribution in [0, 0.1) is 0 Å². The summed E-state index contributed by atoms with van der Waals surface area (Å²) >= 11 is 8.26. The van der Waals surface area contributed by atoms with Crippen molar-refractivity contribution in [2.45, 2.75) is 4.89 Å². The van der Waals surface area contributed by atoms with Gasteiger partial charge in [0.05, 0.1) is 0 Å². The third-order valence-electron chi connectivity index (χ3n) is 0.330. The van der Waals surface area contributed by atoms with Crippen molar-refractivity contribution >= 4 is 11.6 Å². The van der Waals surface area contributed by atoms with Gasteiger partial charge < -0.3 is 0 Å². The Labute approximate surface area is 54.0 Å². The normalized spacial score (nSPS) is 10.5. The van der Waals surface area contributed by atoms with Gasteiger partial charge in [-0.1, -0.05) is 0 Å². The second kappa shape index (κ2) is 5.69. The van der Waals surface area contributed by atoms with Crippen LogP contribution in [0.1, 0.15) is 0 Å². The summed E-state index contributed by atoms with van der Waals surface area (Å²) in [7, 11) is 0. The number of halogens is 1. The molecule has 0 unspecified atom stereocenters. The predicted molar refractivity (Wildman–Crippen MR) is 24.7 cm³/mol. The van der Waals surface area contributed by atoms with Crippen molar-refractivity contribution in [3.63, 3.8) is 0 Å². The van der Waals surface area contributed by atoms with Gasteiger partial charge in [0, 0.05) is 0 Å². The summed E-state index contributed by atoms with van der Waals surface area (Å²) in [4.78, 5) is 0.940. The van der Waals surface area contributed by atoms with Crippen molar-refractivity contribution in [2.24, 2.45) is 0 Å². The van der Waals surface area contributed by atoms with E-state index in [1.165, 1.54) is 0 Å². The van der Waals surface area contributed by atoms with Gasteiger partial charge >= 0.3 is 53.7 Å². The summed E-state index contributed by atoms with van der Waals surface area (Å²) in [5, 5.41) is 0. The maximum atomic E-state index is 5.28. The molecule has 0 aromatic carbocycles. The maximum absolute atomic E-state index is 5.28. The third kappa shape index (κ3) is 4.69. The molecule has 0 saturated heterocycles. The zero-order valence-corrected chi connectivity index (χ0v) is 5.57. The summed E-state index contributed by atoms with van der Waals surface area (Å²) in [6.45, 7) is 0. The van der Waals surface area contributed by atoms with E-state index in [1.54, 1.807) is 0 Å². The first kappa shape index (κ1) is 6.69. The van der Waals surface area contributed by atoms with Crippen molar-refractivity contribution in [2.75, 3.05) is 5.88 Å². The molecule has 0 aliphatic carbocycles. The van der Waals surface area contributed by atoms with Crippen LogP contribution in [0.25, 0.3) is 0 Å². The van der Waals surface area contributed by atoms with E-state index in [-0.39, 0.29) is 0 Å². The van der Waals surface area contributed by atoms with E-state index < -0.39 is 0 Å². The molecule has 0 fully saturated rings. The van der Waals surface area contributed by atoms with Crippen molar-refractivity contribution in [1.82, 2.24) is 0 Å². The molecule has 39 valence electrons. The third-order valence-corrected chi connectivity index (χ3v) is 0.875. The first-order valence-electron chi connectivity index (χ1n) is 1.64. The Balaban J connectivity index is 2.73. The summed E-state index contributed by atoms with van der Waals surface area (Å²) in [5.41, 5.74) is 0. The van der Waals surface area contributed by atoms with E-state index in [1.807, 2.05) is 12.2 Å². The minimum atomic E-state index is 0.623. The van der Waals surface area contributed by atoms with E-state index in [4.69, 9.17) is 11.6 Å². The zero-order valence-electron chi connectivity index (χ0n) is 3.26. The monoisotopic (exact) mass is 195 g/mol. The quantitative estimate of drug-likeness (QED) is 0.358. The molecule has 0 heterocycles.